The van der Waals surface area contributed by atoms with Crippen LogP contribution in [0.1, 0.15) is 64.0 Å². The van der Waals surface area contributed by atoms with Gasteiger partial charge in [0.05, 0.1) is 6.10 Å². The predicted molar refractivity (Wildman–Crippen MR) is 94.6 cm³/mol. The molecule has 1 saturated carbocycles. The molecule has 2 rings (SSSR count). The summed E-state index contributed by atoms with van der Waals surface area (Å²) >= 11 is 0. The number of benzene rings is 1. The molecule has 0 radical (unpaired) electrons. The van der Waals surface area contributed by atoms with Gasteiger partial charge < -0.3 is 15.4 Å². The fraction of sp³-hybridized carbons (Fsp3) is 0.632. The highest BCUT2D eigenvalue weighted by molar-refractivity contribution is 5.88. The van der Waals surface area contributed by atoms with Gasteiger partial charge in [-0.2, -0.15) is 0 Å². The summed E-state index contributed by atoms with van der Waals surface area (Å²) in [7, 11) is 0. The molecule has 0 spiro atoms. The Morgan fingerprint density at radius 2 is 2.09 bits per heavy atom. The minimum absolute atomic E-state index is 0.0392. The molecule has 4 nitrogen and oxygen atoms in total. The van der Waals surface area contributed by atoms with E-state index in [1.165, 1.54) is 44.6 Å². The van der Waals surface area contributed by atoms with Gasteiger partial charge in [0, 0.05) is 25.3 Å². The molecule has 1 amide bonds. The second-order valence-corrected chi connectivity index (χ2v) is 6.47. The maximum absolute atomic E-state index is 11.1. The van der Waals surface area contributed by atoms with Crippen molar-refractivity contribution in [3.05, 3.63) is 29.8 Å². The monoisotopic (exact) mass is 318 g/mol. The first-order chi connectivity index (χ1) is 11.1. The van der Waals surface area contributed by atoms with Crippen LogP contribution in [0.4, 0.5) is 5.69 Å². The lowest BCUT2D eigenvalue weighted by Gasteiger charge is -2.22. The summed E-state index contributed by atoms with van der Waals surface area (Å²) in [6.07, 6.45) is 8.02. The van der Waals surface area contributed by atoms with Crippen LogP contribution >= 0.6 is 0 Å². The molecule has 1 fully saturated rings. The quantitative estimate of drug-likeness (QED) is 0.711. The normalized spacial score (nSPS) is 17.0. The highest BCUT2D eigenvalue weighted by Gasteiger charge is 2.13. The zero-order chi connectivity index (χ0) is 16.5. The van der Waals surface area contributed by atoms with Gasteiger partial charge in [-0.1, -0.05) is 31.4 Å². The van der Waals surface area contributed by atoms with Crippen molar-refractivity contribution < 1.29 is 9.53 Å². The van der Waals surface area contributed by atoms with Crippen LogP contribution in [-0.2, 0) is 9.53 Å². The molecule has 0 aliphatic heterocycles. The highest BCUT2D eigenvalue weighted by atomic mass is 16.5. The lowest BCUT2D eigenvalue weighted by Crippen LogP contribution is -2.23. The Balaban J connectivity index is 1.65. The summed E-state index contributed by atoms with van der Waals surface area (Å²) in [6, 6.07) is 8.26. The van der Waals surface area contributed by atoms with Crippen molar-refractivity contribution in [1.82, 2.24) is 5.32 Å². The Bertz CT molecular complexity index is 484. The van der Waals surface area contributed by atoms with Gasteiger partial charge in [-0.3, -0.25) is 4.79 Å². The number of amides is 1. The molecule has 1 unspecified atom stereocenters. The van der Waals surface area contributed by atoms with Gasteiger partial charge in [-0.25, -0.2) is 0 Å². The Kier molecular flexibility index (Phi) is 7.56. The smallest absolute Gasteiger partial charge is 0.221 e. The van der Waals surface area contributed by atoms with E-state index in [-0.39, 0.29) is 11.9 Å². The molecule has 1 aromatic rings. The van der Waals surface area contributed by atoms with E-state index in [2.05, 4.69) is 23.6 Å². The minimum atomic E-state index is -0.0392. The zero-order valence-corrected chi connectivity index (χ0v) is 14.4. The molecule has 0 bridgehead atoms. The van der Waals surface area contributed by atoms with E-state index in [1.54, 1.807) is 0 Å². The molecule has 2 N–H and O–H groups in total. The first kappa shape index (κ1) is 18.0. The van der Waals surface area contributed by atoms with E-state index < -0.39 is 0 Å². The largest absolute Gasteiger partial charge is 0.378 e. The molecule has 0 heterocycles. The SMILES string of the molecule is CC(=O)Nc1cccc(C(C)NCCCOC2CCCCC2)c1. The van der Waals surface area contributed by atoms with Crippen LogP contribution in [0.15, 0.2) is 24.3 Å². The first-order valence-electron chi connectivity index (χ1n) is 8.87. The van der Waals surface area contributed by atoms with Gasteiger partial charge in [0.15, 0.2) is 0 Å². The predicted octanol–water partition coefficient (Wildman–Crippen LogP) is 4.04. The lowest BCUT2D eigenvalue weighted by atomic mass is 9.98. The lowest BCUT2D eigenvalue weighted by molar-refractivity contribution is -0.114. The maximum atomic E-state index is 11.1. The summed E-state index contributed by atoms with van der Waals surface area (Å²) < 4.78 is 5.95. The van der Waals surface area contributed by atoms with Gasteiger partial charge in [-0.15, -0.1) is 0 Å². The van der Waals surface area contributed by atoms with Gasteiger partial charge >= 0.3 is 0 Å². The third-order valence-corrected chi connectivity index (χ3v) is 4.38. The number of nitrogens with one attached hydrogen (secondary N) is 2. The van der Waals surface area contributed by atoms with Crippen molar-refractivity contribution in [1.29, 1.82) is 0 Å². The van der Waals surface area contributed by atoms with Crippen molar-refractivity contribution >= 4 is 11.6 Å². The van der Waals surface area contributed by atoms with Crippen LogP contribution in [-0.4, -0.2) is 25.2 Å². The standard InChI is InChI=1S/C19H30N2O2/c1-15(17-8-6-9-18(14-17)21-16(2)22)20-12-7-13-23-19-10-4-3-5-11-19/h6,8-9,14-15,19-20H,3-5,7,10-13H2,1-2H3,(H,21,22). The number of carbonyl (C=O) groups is 1. The van der Waals surface area contributed by atoms with Gasteiger partial charge in [0.2, 0.25) is 5.91 Å². The molecular formula is C19H30N2O2. The van der Waals surface area contributed by atoms with Crippen LogP contribution in [0.5, 0.6) is 0 Å². The second kappa shape index (κ2) is 9.68. The summed E-state index contributed by atoms with van der Waals surface area (Å²) in [4.78, 5) is 11.1. The number of hydrogen-bond acceptors (Lipinski definition) is 3. The fourth-order valence-electron chi connectivity index (χ4n) is 3.08. The van der Waals surface area contributed by atoms with Gasteiger partial charge in [0.25, 0.3) is 0 Å². The van der Waals surface area contributed by atoms with Crippen molar-refractivity contribution in [3.8, 4) is 0 Å². The second-order valence-electron chi connectivity index (χ2n) is 6.47. The van der Waals surface area contributed by atoms with Gasteiger partial charge in [0.1, 0.15) is 0 Å². The van der Waals surface area contributed by atoms with Crippen LogP contribution < -0.4 is 10.6 Å². The molecule has 4 heteroatoms. The summed E-state index contributed by atoms with van der Waals surface area (Å²) in [5.41, 5.74) is 2.04. The zero-order valence-electron chi connectivity index (χ0n) is 14.4. The van der Waals surface area contributed by atoms with Crippen LogP contribution in [0.25, 0.3) is 0 Å². The summed E-state index contributed by atoms with van der Waals surface area (Å²) in [6.45, 7) is 5.46. The molecule has 1 atom stereocenters. The topological polar surface area (TPSA) is 50.4 Å². The molecule has 1 aliphatic carbocycles. The third kappa shape index (κ3) is 6.71. The first-order valence-corrected chi connectivity index (χ1v) is 8.87. The van der Waals surface area contributed by atoms with E-state index in [0.29, 0.717) is 6.10 Å². The van der Waals surface area contributed by atoms with Crippen molar-refractivity contribution in [2.45, 2.75) is 64.5 Å². The maximum Gasteiger partial charge on any atom is 0.221 e. The Morgan fingerprint density at radius 1 is 1.30 bits per heavy atom. The van der Waals surface area contributed by atoms with Crippen LogP contribution in [0.3, 0.4) is 0 Å². The number of rotatable bonds is 8. The number of ether oxygens (including phenoxy) is 1. The Morgan fingerprint density at radius 3 is 2.83 bits per heavy atom. The molecular weight excluding hydrogens is 288 g/mol. The van der Waals surface area contributed by atoms with Crippen LogP contribution in [0.2, 0.25) is 0 Å². The number of anilines is 1. The van der Waals surface area contributed by atoms with E-state index >= 15 is 0 Å². The molecule has 128 valence electrons. The molecule has 1 aliphatic rings. The summed E-state index contributed by atoms with van der Waals surface area (Å²) in [5.74, 6) is -0.0392. The van der Waals surface area contributed by atoms with E-state index in [0.717, 1.165) is 25.3 Å². The Labute approximate surface area is 140 Å². The fourth-order valence-corrected chi connectivity index (χ4v) is 3.08. The van der Waals surface area contributed by atoms with Gasteiger partial charge in [-0.05, 0) is 50.4 Å². The number of carbonyl (C=O) groups excluding carboxylic acids is 1. The number of hydrogen-bond donors (Lipinski definition) is 2. The Hall–Kier alpha value is -1.39. The third-order valence-electron chi connectivity index (χ3n) is 4.38. The average molecular weight is 318 g/mol. The molecule has 0 aromatic heterocycles. The van der Waals surface area contributed by atoms with E-state index in [1.807, 2.05) is 18.2 Å². The van der Waals surface area contributed by atoms with Crippen molar-refractivity contribution in [2.24, 2.45) is 0 Å². The van der Waals surface area contributed by atoms with Crippen molar-refractivity contribution in [2.75, 3.05) is 18.5 Å². The summed E-state index contributed by atoms with van der Waals surface area (Å²) in [5, 5.41) is 6.35. The molecule has 0 saturated heterocycles. The van der Waals surface area contributed by atoms with E-state index in [9.17, 15) is 4.79 Å². The average Bonchev–Trinajstić information content (AvgIpc) is 2.55. The molecule has 1 aromatic carbocycles. The minimum Gasteiger partial charge on any atom is -0.378 e. The van der Waals surface area contributed by atoms with Crippen LogP contribution in [0, 0.1) is 0 Å². The van der Waals surface area contributed by atoms with Crippen molar-refractivity contribution in [3.63, 3.8) is 0 Å². The highest BCUT2D eigenvalue weighted by Crippen LogP contribution is 2.20. The van der Waals surface area contributed by atoms with E-state index in [4.69, 9.17) is 4.74 Å². The molecule has 23 heavy (non-hydrogen) atoms.